The fourth-order valence-corrected chi connectivity index (χ4v) is 2.20. The summed E-state index contributed by atoms with van der Waals surface area (Å²) in [6, 6.07) is 7.24. The van der Waals surface area contributed by atoms with Gasteiger partial charge in [0.2, 0.25) is 0 Å². The van der Waals surface area contributed by atoms with E-state index in [1.165, 1.54) is 0 Å². The number of ether oxygens (including phenoxy) is 1. The molecular formula is C17H25NO4. The van der Waals surface area contributed by atoms with Crippen LogP contribution in [0, 0.1) is 0 Å². The molecule has 2 N–H and O–H groups in total. The molecule has 5 nitrogen and oxygen atoms in total. The third kappa shape index (κ3) is 4.23. The Bertz CT molecular complexity index is 531. The van der Waals surface area contributed by atoms with Gasteiger partial charge in [0, 0.05) is 0 Å². The van der Waals surface area contributed by atoms with Gasteiger partial charge in [0.25, 0.3) is 0 Å². The van der Waals surface area contributed by atoms with Crippen molar-refractivity contribution < 1.29 is 19.4 Å². The van der Waals surface area contributed by atoms with Crippen LogP contribution in [0.2, 0.25) is 0 Å². The van der Waals surface area contributed by atoms with E-state index < -0.39 is 23.2 Å². The largest absolute Gasteiger partial charge is 0.479 e. The molecule has 1 unspecified atom stereocenters. The first-order chi connectivity index (χ1) is 10.1. The summed E-state index contributed by atoms with van der Waals surface area (Å²) < 4.78 is 5.20. The van der Waals surface area contributed by atoms with Gasteiger partial charge in [0.15, 0.2) is 5.54 Å². The number of rotatable bonds is 5. The second kappa shape index (κ2) is 6.81. The van der Waals surface area contributed by atoms with Gasteiger partial charge in [-0.3, -0.25) is 0 Å². The van der Waals surface area contributed by atoms with E-state index in [4.69, 9.17) is 4.74 Å². The number of carbonyl (C=O) groups is 2. The number of carboxylic acid groups (broad SMARTS) is 1. The number of hydrogen-bond donors (Lipinski definition) is 2. The number of carboxylic acids is 1. The molecule has 0 saturated heterocycles. The lowest BCUT2D eigenvalue weighted by Gasteiger charge is -2.31. The zero-order chi connectivity index (χ0) is 17.0. The molecular weight excluding hydrogens is 282 g/mol. The second-order valence-electron chi connectivity index (χ2n) is 6.24. The van der Waals surface area contributed by atoms with E-state index >= 15 is 0 Å². The van der Waals surface area contributed by atoms with Crippen molar-refractivity contribution in [2.45, 2.75) is 58.6 Å². The molecule has 0 bridgehead atoms. The Morgan fingerprint density at radius 1 is 1.14 bits per heavy atom. The van der Waals surface area contributed by atoms with Crippen LogP contribution in [0.4, 0.5) is 4.79 Å². The molecule has 0 fully saturated rings. The van der Waals surface area contributed by atoms with E-state index in [-0.39, 0.29) is 6.42 Å². The highest BCUT2D eigenvalue weighted by Crippen LogP contribution is 2.27. The monoisotopic (exact) mass is 307 g/mol. The molecule has 0 spiro atoms. The van der Waals surface area contributed by atoms with Crippen molar-refractivity contribution in [3.63, 3.8) is 0 Å². The van der Waals surface area contributed by atoms with Gasteiger partial charge < -0.3 is 15.2 Å². The summed E-state index contributed by atoms with van der Waals surface area (Å²) >= 11 is 0. The lowest BCUT2D eigenvalue weighted by Crippen LogP contribution is -2.52. The molecule has 0 aliphatic rings. The summed E-state index contributed by atoms with van der Waals surface area (Å²) in [7, 11) is 0. The lowest BCUT2D eigenvalue weighted by molar-refractivity contribution is -0.145. The highest BCUT2D eigenvalue weighted by atomic mass is 16.6. The third-order valence-corrected chi connectivity index (χ3v) is 3.46. The molecule has 1 amide bonds. The maximum atomic E-state index is 12.0. The fourth-order valence-electron chi connectivity index (χ4n) is 2.20. The number of carbonyl (C=O) groups excluding carboxylic acids is 1. The number of alkyl carbamates (subject to hydrolysis) is 1. The number of nitrogens with one attached hydrogen (secondary N) is 1. The summed E-state index contributed by atoms with van der Waals surface area (Å²) in [6.07, 6.45) is 0.343. The molecule has 122 valence electrons. The van der Waals surface area contributed by atoms with Crippen LogP contribution in [-0.4, -0.2) is 22.8 Å². The SMILES string of the molecule is CCc1ccc(C(CC)(NC(=O)OC(C)(C)C)C(=O)O)cc1. The van der Waals surface area contributed by atoms with E-state index in [0.29, 0.717) is 5.56 Å². The third-order valence-electron chi connectivity index (χ3n) is 3.46. The highest BCUT2D eigenvalue weighted by molar-refractivity contribution is 5.86. The Hall–Kier alpha value is -2.04. The van der Waals surface area contributed by atoms with Crippen LogP contribution < -0.4 is 5.32 Å². The van der Waals surface area contributed by atoms with Crippen LogP contribution in [0.3, 0.4) is 0 Å². The zero-order valence-electron chi connectivity index (χ0n) is 13.9. The van der Waals surface area contributed by atoms with Crippen molar-refractivity contribution in [2.24, 2.45) is 0 Å². The van der Waals surface area contributed by atoms with Gasteiger partial charge in [-0.25, -0.2) is 9.59 Å². The lowest BCUT2D eigenvalue weighted by atomic mass is 9.86. The predicted octanol–water partition coefficient (Wildman–Crippen LogP) is 3.46. The smallest absolute Gasteiger partial charge is 0.408 e. The number of amides is 1. The first-order valence-corrected chi connectivity index (χ1v) is 7.48. The quantitative estimate of drug-likeness (QED) is 0.873. The Labute approximate surface area is 131 Å². The van der Waals surface area contributed by atoms with E-state index in [0.717, 1.165) is 12.0 Å². The van der Waals surface area contributed by atoms with Crippen LogP contribution in [0.1, 0.15) is 52.2 Å². The molecule has 0 aromatic heterocycles. The van der Waals surface area contributed by atoms with Crippen molar-refractivity contribution in [2.75, 3.05) is 0 Å². The zero-order valence-corrected chi connectivity index (χ0v) is 13.9. The molecule has 1 atom stereocenters. The number of aliphatic carboxylic acids is 1. The molecule has 5 heteroatoms. The van der Waals surface area contributed by atoms with Crippen LogP contribution in [0.25, 0.3) is 0 Å². The molecule has 0 saturated carbocycles. The average molecular weight is 307 g/mol. The summed E-state index contributed by atoms with van der Waals surface area (Å²) in [5.74, 6) is -1.11. The molecule has 22 heavy (non-hydrogen) atoms. The maximum absolute atomic E-state index is 12.0. The number of hydrogen-bond acceptors (Lipinski definition) is 3. The number of benzene rings is 1. The van der Waals surface area contributed by atoms with Gasteiger partial charge >= 0.3 is 12.1 Å². The van der Waals surface area contributed by atoms with E-state index in [1.54, 1.807) is 39.8 Å². The molecule has 0 aliphatic carbocycles. The van der Waals surface area contributed by atoms with E-state index in [2.05, 4.69) is 5.32 Å². The van der Waals surface area contributed by atoms with Gasteiger partial charge in [-0.05, 0) is 44.7 Å². The molecule has 0 heterocycles. The first-order valence-electron chi connectivity index (χ1n) is 7.48. The molecule has 0 aliphatic heterocycles. The van der Waals surface area contributed by atoms with Crippen LogP contribution in [0.15, 0.2) is 24.3 Å². The van der Waals surface area contributed by atoms with Crippen LogP contribution >= 0.6 is 0 Å². The maximum Gasteiger partial charge on any atom is 0.408 e. The minimum absolute atomic E-state index is 0.215. The highest BCUT2D eigenvalue weighted by Gasteiger charge is 2.41. The van der Waals surface area contributed by atoms with Gasteiger partial charge in [-0.2, -0.15) is 0 Å². The molecule has 1 aromatic carbocycles. The Morgan fingerprint density at radius 2 is 1.68 bits per heavy atom. The van der Waals surface area contributed by atoms with Crippen LogP contribution in [0.5, 0.6) is 0 Å². The molecule has 1 rings (SSSR count). The van der Waals surface area contributed by atoms with E-state index in [9.17, 15) is 14.7 Å². The molecule has 1 aromatic rings. The normalized spacial score (nSPS) is 14.0. The average Bonchev–Trinajstić information content (AvgIpc) is 2.42. The van der Waals surface area contributed by atoms with Crippen molar-refractivity contribution >= 4 is 12.1 Å². The second-order valence-corrected chi connectivity index (χ2v) is 6.24. The minimum Gasteiger partial charge on any atom is -0.479 e. The van der Waals surface area contributed by atoms with Crippen molar-refractivity contribution in [3.05, 3.63) is 35.4 Å². The summed E-state index contributed by atoms with van der Waals surface area (Å²) in [5.41, 5.74) is -0.537. The molecule has 0 radical (unpaired) electrons. The summed E-state index contributed by atoms with van der Waals surface area (Å²) in [4.78, 5) is 23.9. The summed E-state index contributed by atoms with van der Waals surface area (Å²) in [5, 5.41) is 12.2. The van der Waals surface area contributed by atoms with Crippen molar-refractivity contribution in [3.8, 4) is 0 Å². The van der Waals surface area contributed by atoms with Crippen molar-refractivity contribution in [1.29, 1.82) is 0 Å². The first kappa shape index (κ1) is 18.0. The van der Waals surface area contributed by atoms with Gasteiger partial charge in [-0.15, -0.1) is 0 Å². The standard InChI is InChI=1S/C17H25NO4/c1-6-12-8-10-13(11-9-12)17(7-2,14(19)20)18-15(21)22-16(3,4)5/h8-11H,6-7H2,1-5H3,(H,18,21)(H,19,20). The number of aryl methyl sites for hydroxylation is 1. The van der Waals surface area contributed by atoms with Gasteiger partial charge in [-0.1, -0.05) is 38.1 Å². The Morgan fingerprint density at radius 3 is 2.05 bits per heavy atom. The van der Waals surface area contributed by atoms with E-state index in [1.807, 2.05) is 19.1 Å². The van der Waals surface area contributed by atoms with Crippen molar-refractivity contribution in [1.82, 2.24) is 5.32 Å². The van der Waals surface area contributed by atoms with Gasteiger partial charge in [0.1, 0.15) is 5.60 Å². The van der Waals surface area contributed by atoms with Gasteiger partial charge in [0.05, 0.1) is 0 Å². The minimum atomic E-state index is -1.49. The fraction of sp³-hybridized carbons (Fsp3) is 0.529. The topological polar surface area (TPSA) is 75.6 Å². The van der Waals surface area contributed by atoms with Crippen LogP contribution in [-0.2, 0) is 21.5 Å². The summed E-state index contributed by atoms with van der Waals surface area (Å²) in [6.45, 7) is 8.95. The Balaban J connectivity index is 3.14. The predicted molar refractivity (Wildman–Crippen MR) is 84.8 cm³/mol. The Kier molecular flexibility index (Phi) is 5.58.